The Bertz CT molecular complexity index is 1070. The molecule has 138 valence electrons. The summed E-state index contributed by atoms with van der Waals surface area (Å²) in [6.07, 6.45) is 0.528. The molecule has 3 rings (SSSR count). The number of ether oxygens (including phenoxy) is 1. The average molecular weight is 365 g/mol. The molecule has 2 aromatic carbocycles. The lowest BCUT2D eigenvalue weighted by atomic mass is 10.0. The molecule has 1 atom stereocenters. The van der Waals surface area contributed by atoms with Crippen LogP contribution < -0.4 is 5.63 Å². The van der Waals surface area contributed by atoms with Gasteiger partial charge >= 0.3 is 11.6 Å². The summed E-state index contributed by atoms with van der Waals surface area (Å²) >= 11 is 0. The molecule has 0 radical (unpaired) electrons. The summed E-state index contributed by atoms with van der Waals surface area (Å²) in [5, 5.41) is 19.1. The summed E-state index contributed by atoms with van der Waals surface area (Å²) in [6.45, 7) is 3.73. The topological polar surface area (TPSA) is 101 Å². The molecular weight excluding hydrogens is 346 g/mol. The van der Waals surface area contributed by atoms with Gasteiger partial charge in [-0.2, -0.15) is 0 Å². The first-order chi connectivity index (χ1) is 12.9. The Morgan fingerprint density at radius 3 is 2.44 bits per heavy atom. The van der Waals surface area contributed by atoms with Gasteiger partial charge in [0.1, 0.15) is 16.9 Å². The Hall–Kier alpha value is -3.41. The highest BCUT2D eigenvalue weighted by atomic mass is 16.5. The Balaban J connectivity index is 1.94. The number of nitrogens with one attached hydrogen (secondary N) is 1. The Labute approximate surface area is 155 Å². The third kappa shape index (κ3) is 3.60. The molecule has 0 saturated heterocycles. The molecule has 2 N–H and O–H groups in total. The lowest BCUT2D eigenvalue weighted by molar-refractivity contribution is 0.0334. The first-order valence-electron chi connectivity index (χ1n) is 8.57. The highest BCUT2D eigenvalue weighted by molar-refractivity contribution is 6.14. The van der Waals surface area contributed by atoms with Crippen molar-refractivity contribution in [3.63, 3.8) is 0 Å². The standard InChI is InChI=1S/C21H19NO5/c1-3-12(2)26-20(24)14-10-8-13(9-11-14)18(22)17-19(23)15-6-4-5-7-16(15)27-21(17)25/h4-12,22-23H,3H2,1-2H3. The lowest BCUT2D eigenvalue weighted by Crippen LogP contribution is -2.16. The molecule has 0 aliphatic heterocycles. The van der Waals surface area contributed by atoms with Gasteiger partial charge in [-0.3, -0.25) is 5.41 Å². The maximum Gasteiger partial charge on any atom is 0.349 e. The largest absolute Gasteiger partial charge is 0.506 e. The summed E-state index contributed by atoms with van der Waals surface area (Å²) < 4.78 is 10.5. The molecule has 1 heterocycles. The molecule has 0 fully saturated rings. The van der Waals surface area contributed by atoms with Crippen LogP contribution in [0.1, 0.15) is 41.8 Å². The fourth-order valence-electron chi connectivity index (χ4n) is 2.61. The molecule has 6 heteroatoms. The van der Waals surface area contributed by atoms with Crippen LogP contribution in [0.5, 0.6) is 5.75 Å². The summed E-state index contributed by atoms with van der Waals surface area (Å²) in [7, 11) is 0. The van der Waals surface area contributed by atoms with E-state index in [1.807, 2.05) is 13.8 Å². The minimum Gasteiger partial charge on any atom is -0.506 e. The Morgan fingerprint density at radius 2 is 1.78 bits per heavy atom. The van der Waals surface area contributed by atoms with Crippen molar-refractivity contribution in [3.05, 3.63) is 75.6 Å². The fraction of sp³-hybridized carbons (Fsp3) is 0.190. The van der Waals surface area contributed by atoms with E-state index in [1.165, 1.54) is 24.3 Å². The quantitative estimate of drug-likeness (QED) is 0.406. The molecule has 27 heavy (non-hydrogen) atoms. The van der Waals surface area contributed by atoms with Crippen LogP contribution in [0.25, 0.3) is 11.0 Å². The molecule has 0 saturated carbocycles. The SMILES string of the molecule is CCC(C)OC(=O)c1ccc(C(=N)c2c(O)c3ccccc3oc2=O)cc1. The van der Waals surface area contributed by atoms with E-state index in [9.17, 15) is 14.7 Å². The van der Waals surface area contributed by atoms with E-state index >= 15 is 0 Å². The van der Waals surface area contributed by atoms with Gasteiger partial charge in [0.05, 0.1) is 22.8 Å². The smallest absolute Gasteiger partial charge is 0.349 e. The van der Waals surface area contributed by atoms with Gasteiger partial charge in [0, 0.05) is 5.56 Å². The number of hydrogen-bond acceptors (Lipinski definition) is 6. The van der Waals surface area contributed by atoms with Gasteiger partial charge in [0.15, 0.2) is 0 Å². The maximum absolute atomic E-state index is 12.3. The average Bonchev–Trinajstić information content (AvgIpc) is 2.67. The number of hydrogen-bond donors (Lipinski definition) is 2. The highest BCUT2D eigenvalue weighted by Crippen LogP contribution is 2.27. The Kier molecular flexibility index (Phi) is 5.07. The van der Waals surface area contributed by atoms with Crippen molar-refractivity contribution in [3.8, 4) is 5.75 Å². The number of rotatable bonds is 5. The van der Waals surface area contributed by atoms with Crippen LogP contribution in [-0.2, 0) is 4.74 Å². The molecule has 0 bridgehead atoms. The minimum atomic E-state index is -0.795. The number of carbonyl (C=O) groups is 1. The van der Waals surface area contributed by atoms with Crippen molar-refractivity contribution in [1.82, 2.24) is 0 Å². The minimum absolute atomic E-state index is 0.186. The van der Waals surface area contributed by atoms with Gasteiger partial charge in [-0.1, -0.05) is 31.2 Å². The van der Waals surface area contributed by atoms with E-state index in [0.717, 1.165) is 0 Å². The second-order valence-electron chi connectivity index (χ2n) is 6.19. The molecule has 6 nitrogen and oxygen atoms in total. The van der Waals surface area contributed by atoms with Gasteiger partial charge < -0.3 is 14.3 Å². The van der Waals surface area contributed by atoms with Crippen molar-refractivity contribution in [2.45, 2.75) is 26.4 Å². The van der Waals surface area contributed by atoms with Crippen molar-refractivity contribution in [2.24, 2.45) is 0 Å². The summed E-state index contributed by atoms with van der Waals surface area (Å²) in [5.74, 6) is -0.748. The van der Waals surface area contributed by atoms with Crippen molar-refractivity contribution < 1.29 is 19.1 Å². The van der Waals surface area contributed by atoms with E-state index in [-0.39, 0.29) is 28.7 Å². The molecule has 0 aliphatic rings. The van der Waals surface area contributed by atoms with Crippen molar-refractivity contribution >= 4 is 22.7 Å². The maximum atomic E-state index is 12.3. The zero-order valence-electron chi connectivity index (χ0n) is 15.0. The second kappa shape index (κ2) is 7.45. The third-order valence-corrected chi connectivity index (χ3v) is 4.33. The van der Waals surface area contributed by atoms with Gasteiger partial charge in [0.25, 0.3) is 0 Å². The number of esters is 1. The molecule has 1 aromatic heterocycles. The summed E-state index contributed by atoms with van der Waals surface area (Å²) in [4.78, 5) is 24.3. The number of benzene rings is 2. The van der Waals surface area contributed by atoms with Gasteiger partial charge in [-0.05, 0) is 37.6 Å². The van der Waals surface area contributed by atoms with E-state index in [0.29, 0.717) is 22.9 Å². The van der Waals surface area contributed by atoms with E-state index in [4.69, 9.17) is 14.6 Å². The first kappa shape index (κ1) is 18.4. The zero-order valence-corrected chi connectivity index (χ0v) is 15.0. The van der Waals surface area contributed by atoms with E-state index in [2.05, 4.69) is 0 Å². The molecule has 0 amide bonds. The second-order valence-corrected chi connectivity index (χ2v) is 6.19. The van der Waals surface area contributed by atoms with Crippen LogP contribution in [0.2, 0.25) is 0 Å². The normalized spacial score (nSPS) is 11.9. The molecule has 0 spiro atoms. The molecular formula is C21H19NO5. The molecule has 1 unspecified atom stereocenters. The van der Waals surface area contributed by atoms with Crippen LogP contribution in [0.4, 0.5) is 0 Å². The van der Waals surface area contributed by atoms with Crippen LogP contribution in [0, 0.1) is 5.41 Å². The number of aromatic hydroxyl groups is 1. The van der Waals surface area contributed by atoms with Crippen LogP contribution in [0.3, 0.4) is 0 Å². The van der Waals surface area contributed by atoms with E-state index in [1.54, 1.807) is 24.3 Å². The fourth-order valence-corrected chi connectivity index (χ4v) is 2.61. The van der Waals surface area contributed by atoms with Gasteiger partial charge in [0.2, 0.25) is 0 Å². The van der Waals surface area contributed by atoms with Crippen molar-refractivity contribution in [1.29, 1.82) is 5.41 Å². The van der Waals surface area contributed by atoms with Crippen LogP contribution >= 0.6 is 0 Å². The Morgan fingerprint density at radius 1 is 1.15 bits per heavy atom. The third-order valence-electron chi connectivity index (χ3n) is 4.33. The van der Waals surface area contributed by atoms with Crippen LogP contribution in [-0.4, -0.2) is 22.9 Å². The van der Waals surface area contributed by atoms with E-state index < -0.39 is 11.6 Å². The summed E-state index contributed by atoms with van der Waals surface area (Å²) in [6, 6.07) is 12.7. The monoisotopic (exact) mass is 365 g/mol. The lowest BCUT2D eigenvalue weighted by Gasteiger charge is -2.11. The van der Waals surface area contributed by atoms with Crippen LogP contribution in [0.15, 0.2) is 57.7 Å². The molecule has 0 aliphatic carbocycles. The van der Waals surface area contributed by atoms with Crippen molar-refractivity contribution in [2.75, 3.05) is 0 Å². The molecule has 3 aromatic rings. The highest BCUT2D eigenvalue weighted by Gasteiger charge is 2.20. The first-order valence-corrected chi connectivity index (χ1v) is 8.57. The predicted molar refractivity (Wildman–Crippen MR) is 102 cm³/mol. The predicted octanol–water partition coefficient (Wildman–Crippen LogP) is 3.87. The number of fused-ring (bicyclic) bond motifs is 1. The zero-order chi connectivity index (χ0) is 19.6. The number of carbonyl (C=O) groups excluding carboxylic acids is 1. The van der Waals surface area contributed by atoms with Gasteiger partial charge in [-0.25, -0.2) is 9.59 Å². The summed E-state index contributed by atoms with van der Waals surface area (Å²) in [5.41, 5.74) is -0.233. The van der Waals surface area contributed by atoms with Gasteiger partial charge in [-0.15, -0.1) is 0 Å². The number of para-hydroxylation sites is 1.